The second-order valence-electron chi connectivity index (χ2n) is 10.0. The van der Waals surface area contributed by atoms with E-state index in [9.17, 15) is 5.11 Å². The quantitative estimate of drug-likeness (QED) is 0.682. The Balaban J connectivity index is 1.71. The number of nitrogens with zero attached hydrogens (tertiary/aromatic N) is 1. The summed E-state index contributed by atoms with van der Waals surface area (Å²) in [6, 6.07) is 14.2. The van der Waals surface area contributed by atoms with Crippen molar-refractivity contribution in [3.63, 3.8) is 0 Å². The number of aliphatic hydroxyl groups excluding tert-OH is 1. The second kappa shape index (κ2) is 9.95. The molecule has 29 heavy (non-hydrogen) atoms. The molecule has 1 aliphatic carbocycles. The summed E-state index contributed by atoms with van der Waals surface area (Å²) in [4.78, 5) is 1.57. The molecule has 3 heteroatoms. The lowest BCUT2D eigenvalue weighted by Crippen LogP contribution is -3.15. The van der Waals surface area contributed by atoms with E-state index >= 15 is 0 Å². The van der Waals surface area contributed by atoms with Gasteiger partial charge in [-0.3, -0.25) is 0 Å². The lowest BCUT2D eigenvalue weighted by molar-refractivity contribution is -0.943. The first-order valence-corrected chi connectivity index (χ1v) is 11.6. The van der Waals surface area contributed by atoms with E-state index in [4.69, 9.17) is 0 Å². The minimum Gasteiger partial charge on any atom is -0.387 e. The minimum absolute atomic E-state index is 0.194. The molecule has 0 spiro atoms. The van der Waals surface area contributed by atoms with E-state index in [0.29, 0.717) is 6.04 Å². The first kappa shape index (κ1) is 22.1. The summed E-state index contributed by atoms with van der Waals surface area (Å²) in [6.45, 7) is 11.7. The monoisotopic (exact) mass is 397 g/mol. The molecule has 2 N–H and O–H groups in total. The van der Waals surface area contributed by atoms with Crippen molar-refractivity contribution in [2.24, 2.45) is 0 Å². The lowest BCUT2D eigenvalue weighted by Gasteiger charge is -2.33. The molecule has 1 aromatic carbocycles. The van der Waals surface area contributed by atoms with E-state index < -0.39 is 0 Å². The van der Waals surface area contributed by atoms with Gasteiger partial charge in [0.2, 0.25) is 0 Å². The molecular weight excluding hydrogens is 356 g/mol. The Labute approximate surface area is 177 Å². The highest BCUT2D eigenvalue weighted by molar-refractivity contribution is 5.28. The Kier molecular flexibility index (Phi) is 7.59. The van der Waals surface area contributed by atoms with Crippen molar-refractivity contribution in [3.8, 4) is 0 Å². The minimum atomic E-state index is -0.194. The van der Waals surface area contributed by atoms with Crippen molar-refractivity contribution < 1.29 is 10.0 Å². The molecule has 2 atom stereocenters. The topological polar surface area (TPSA) is 29.6 Å². The third-order valence-corrected chi connectivity index (χ3v) is 6.66. The van der Waals surface area contributed by atoms with Gasteiger partial charge in [-0.1, -0.05) is 58.4 Å². The van der Waals surface area contributed by atoms with Crippen LogP contribution in [0.3, 0.4) is 0 Å². The van der Waals surface area contributed by atoms with Crippen molar-refractivity contribution in [1.82, 2.24) is 4.57 Å². The zero-order valence-corrected chi connectivity index (χ0v) is 19.0. The molecule has 3 rings (SSSR count). The first-order valence-electron chi connectivity index (χ1n) is 11.6. The van der Waals surface area contributed by atoms with Crippen LogP contribution in [-0.4, -0.2) is 28.4 Å². The molecule has 1 aromatic heterocycles. The Morgan fingerprint density at radius 1 is 1.07 bits per heavy atom. The van der Waals surface area contributed by atoms with Crippen LogP contribution < -0.4 is 4.90 Å². The largest absolute Gasteiger partial charge is 0.387 e. The molecule has 0 aliphatic heterocycles. The predicted octanol–water partition coefficient (Wildman–Crippen LogP) is 4.32. The Morgan fingerprint density at radius 2 is 1.76 bits per heavy atom. The second-order valence-corrected chi connectivity index (χ2v) is 10.0. The molecule has 1 heterocycles. The van der Waals surface area contributed by atoms with Crippen LogP contribution in [-0.2, 0) is 18.5 Å². The van der Waals surface area contributed by atoms with Gasteiger partial charge in [0.1, 0.15) is 19.2 Å². The molecule has 1 unspecified atom stereocenters. The highest BCUT2D eigenvalue weighted by Crippen LogP contribution is 2.22. The molecule has 1 aliphatic rings. The number of aromatic nitrogens is 1. The molecule has 1 saturated carbocycles. The molecular formula is C26H41N2O+. The highest BCUT2D eigenvalue weighted by Gasteiger charge is 2.27. The van der Waals surface area contributed by atoms with Crippen LogP contribution in [0.2, 0.25) is 0 Å². The van der Waals surface area contributed by atoms with Crippen LogP contribution in [0.4, 0.5) is 0 Å². The van der Waals surface area contributed by atoms with Crippen molar-refractivity contribution in [2.45, 2.75) is 96.9 Å². The van der Waals surface area contributed by atoms with Crippen LogP contribution in [0.1, 0.15) is 83.0 Å². The van der Waals surface area contributed by atoms with E-state index in [-0.39, 0.29) is 11.5 Å². The lowest BCUT2D eigenvalue weighted by atomic mass is 9.87. The van der Waals surface area contributed by atoms with Crippen molar-refractivity contribution in [2.75, 3.05) is 6.54 Å². The van der Waals surface area contributed by atoms with Crippen molar-refractivity contribution in [1.29, 1.82) is 0 Å². The standard InChI is InChI=1S/C26H40N2O/c1-5-25(29)20-28(23-10-7-6-8-11-23)19-24-12-9-17-27(24)18-21-13-15-22(16-14-21)26(2,3)4/h9,12-17,23,25,29H,5-8,10-11,18-20H2,1-4H3/p+1/t25-/m1/s1. The average Bonchev–Trinajstić information content (AvgIpc) is 3.14. The normalized spacial score (nSPS) is 18.0. The summed E-state index contributed by atoms with van der Waals surface area (Å²) in [6.07, 6.45) is 9.54. The zero-order valence-electron chi connectivity index (χ0n) is 19.0. The van der Waals surface area contributed by atoms with Gasteiger partial charge in [0.05, 0.1) is 11.7 Å². The Hall–Kier alpha value is -1.58. The number of aliphatic hydroxyl groups is 1. The van der Waals surface area contributed by atoms with Gasteiger partial charge >= 0.3 is 0 Å². The molecule has 0 bridgehead atoms. The number of quaternary nitrogens is 1. The molecule has 160 valence electrons. The number of hydrogen-bond acceptors (Lipinski definition) is 1. The fraction of sp³-hybridized carbons (Fsp3) is 0.615. The molecule has 0 saturated heterocycles. The summed E-state index contributed by atoms with van der Waals surface area (Å²) in [5, 5.41) is 10.4. The zero-order chi connectivity index (χ0) is 20.9. The van der Waals surface area contributed by atoms with Gasteiger partial charge in [-0.2, -0.15) is 0 Å². The fourth-order valence-electron chi connectivity index (χ4n) is 4.64. The van der Waals surface area contributed by atoms with E-state index in [0.717, 1.165) is 26.1 Å². The Bertz CT molecular complexity index is 735. The van der Waals surface area contributed by atoms with Gasteiger partial charge in [-0.15, -0.1) is 0 Å². The van der Waals surface area contributed by atoms with Gasteiger partial charge in [-0.05, 0) is 60.8 Å². The van der Waals surface area contributed by atoms with Gasteiger partial charge in [0.15, 0.2) is 0 Å². The smallest absolute Gasteiger partial charge is 0.118 e. The molecule has 0 amide bonds. The van der Waals surface area contributed by atoms with Gasteiger partial charge < -0.3 is 14.6 Å². The third-order valence-electron chi connectivity index (χ3n) is 6.66. The van der Waals surface area contributed by atoms with E-state index in [2.05, 4.69) is 74.9 Å². The van der Waals surface area contributed by atoms with Gasteiger partial charge in [-0.25, -0.2) is 0 Å². The van der Waals surface area contributed by atoms with Gasteiger partial charge in [0.25, 0.3) is 0 Å². The van der Waals surface area contributed by atoms with E-state index in [1.54, 1.807) is 4.90 Å². The van der Waals surface area contributed by atoms with Gasteiger partial charge in [0, 0.05) is 12.7 Å². The summed E-state index contributed by atoms with van der Waals surface area (Å²) in [7, 11) is 0. The summed E-state index contributed by atoms with van der Waals surface area (Å²) in [5.41, 5.74) is 4.31. The van der Waals surface area contributed by atoms with E-state index in [1.807, 2.05) is 0 Å². The summed E-state index contributed by atoms with van der Waals surface area (Å²) < 4.78 is 2.40. The highest BCUT2D eigenvalue weighted by atomic mass is 16.3. The number of hydrogen-bond donors (Lipinski definition) is 2. The average molecular weight is 398 g/mol. The number of nitrogens with one attached hydrogen (secondary N) is 1. The molecule has 3 nitrogen and oxygen atoms in total. The maximum absolute atomic E-state index is 10.4. The number of benzene rings is 1. The SMILES string of the molecule is CC[C@@H](O)C[NH+](Cc1cccn1Cc1ccc(C(C)(C)C)cc1)C1CCCCC1. The first-order chi connectivity index (χ1) is 13.9. The van der Waals surface area contributed by atoms with Crippen LogP contribution >= 0.6 is 0 Å². The van der Waals surface area contributed by atoms with Crippen LogP contribution in [0.25, 0.3) is 0 Å². The third kappa shape index (κ3) is 6.20. The maximum Gasteiger partial charge on any atom is 0.118 e. The number of rotatable bonds is 8. The summed E-state index contributed by atoms with van der Waals surface area (Å²) in [5.74, 6) is 0. The fourth-order valence-corrected chi connectivity index (χ4v) is 4.64. The van der Waals surface area contributed by atoms with Crippen molar-refractivity contribution >= 4 is 0 Å². The maximum atomic E-state index is 10.4. The molecule has 0 radical (unpaired) electrons. The Morgan fingerprint density at radius 3 is 2.38 bits per heavy atom. The summed E-state index contributed by atoms with van der Waals surface area (Å²) >= 11 is 0. The van der Waals surface area contributed by atoms with Crippen LogP contribution in [0.5, 0.6) is 0 Å². The van der Waals surface area contributed by atoms with Crippen molar-refractivity contribution in [3.05, 3.63) is 59.4 Å². The molecule has 1 fully saturated rings. The molecule has 2 aromatic rings. The van der Waals surface area contributed by atoms with E-state index in [1.165, 1.54) is 48.9 Å². The van der Waals surface area contributed by atoms with Crippen LogP contribution in [0.15, 0.2) is 42.6 Å². The predicted molar refractivity (Wildman–Crippen MR) is 121 cm³/mol. The van der Waals surface area contributed by atoms with Crippen LogP contribution in [0, 0.1) is 0 Å².